The minimum absolute atomic E-state index is 0.146. The van der Waals surface area contributed by atoms with Crippen molar-refractivity contribution in [3.05, 3.63) is 59.2 Å². The highest BCUT2D eigenvalue weighted by molar-refractivity contribution is 7.89. The Bertz CT molecular complexity index is 1100. The number of fused-ring (bicyclic) bond motifs is 1. The fraction of sp³-hybridized carbons (Fsp3) is 0.391. The molecule has 0 radical (unpaired) electrons. The zero-order valence-electron chi connectivity index (χ0n) is 17.5. The van der Waals surface area contributed by atoms with Crippen LogP contribution in [0.25, 0.3) is 0 Å². The van der Waals surface area contributed by atoms with Crippen molar-refractivity contribution in [1.29, 1.82) is 0 Å². The first-order valence-corrected chi connectivity index (χ1v) is 12.0. The highest BCUT2D eigenvalue weighted by Gasteiger charge is 2.40. The van der Waals surface area contributed by atoms with Gasteiger partial charge in [-0.25, -0.2) is 8.42 Å². The number of carbonyl (C=O) groups excluding carboxylic acids is 2. The van der Waals surface area contributed by atoms with Gasteiger partial charge in [0.25, 0.3) is 5.91 Å². The molecule has 0 aromatic heterocycles. The maximum absolute atomic E-state index is 13.0. The number of hydrogen-bond acceptors (Lipinski definition) is 5. The molecule has 31 heavy (non-hydrogen) atoms. The van der Waals surface area contributed by atoms with Crippen LogP contribution < -0.4 is 5.32 Å². The van der Waals surface area contributed by atoms with Crippen molar-refractivity contribution in [2.75, 3.05) is 18.5 Å². The molecule has 1 fully saturated rings. The largest absolute Gasteiger partial charge is 0.454 e. The first-order valence-electron chi connectivity index (χ1n) is 10.5. The predicted molar refractivity (Wildman–Crippen MR) is 116 cm³/mol. The summed E-state index contributed by atoms with van der Waals surface area (Å²) in [6.07, 6.45) is 4.11. The van der Waals surface area contributed by atoms with Gasteiger partial charge in [-0.15, -0.1) is 0 Å². The molecular formula is C23H26N2O5S. The summed E-state index contributed by atoms with van der Waals surface area (Å²) in [5, 5.41) is 2.74. The Kier molecular flexibility index (Phi) is 6.11. The molecule has 0 spiro atoms. The van der Waals surface area contributed by atoms with Crippen LogP contribution >= 0.6 is 0 Å². The number of sulfonamides is 1. The quantitative estimate of drug-likeness (QED) is 0.695. The van der Waals surface area contributed by atoms with Crippen LogP contribution in [0.1, 0.15) is 36.0 Å². The summed E-state index contributed by atoms with van der Waals surface area (Å²) < 4.78 is 32.3. The molecule has 7 nitrogen and oxygen atoms in total. The maximum Gasteiger partial charge on any atom is 0.324 e. The summed E-state index contributed by atoms with van der Waals surface area (Å²) in [4.78, 5) is 25.0. The molecule has 1 atom stereocenters. The molecule has 1 aliphatic carbocycles. The van der Waals surface area contributed by atoms with E-state index in [9.17, 15) is 18.0 Å². The molecule has 0 saturated carbocycles. The molecule has 164 valence electrons. The maximum atomic E-state index is 13.0. The van der Waals surface area contributed by atoms with Crippen LogP contribution in [0.15, 0.2) is 47.4 Å². The van der Waals surface area contributed by atoms with E-state index in [-0.39, 0.29) is 11.4 Å². The summed E-state index contributed by atoms with van der Waals surface area (Å²) in [6, 6.07) is 11.4. The molecule has 1 heterocycles. The van der Waals surface area contributed by atoms with E-state index in [0.717, 1.165) is 24.8 Å². The first kappa shape index (κ1) is 21.5. The molecule has 1 amide bonds. The number of aryl methyl sites for hydroxylation is 3. The van der Waals surface area contributed by atoms with Crippen LogP contribution in [-0.2, 0) is 37.2 Å². The molecule has 2 aliphatic rings. The van der Waals surface area contributed by atoms with Gasteiger partial charge in [0, 0.05) is 12.2 Å². The molecule has 2 aromatic rings. The van der Waals surface area contributed by atoms with Gasteiger partial charge in [0.2, 0.25) is 10.0 Å². The number of hydrogen-bond donors (Lipinski definition) is 1. The van der Waals surface area contributed by atoms with Gasteiger partial charge >= 0.3 is 5.97 Å². The van der Waals surface area contributed by atoms with Gasteiger partial charge < -0.3 is 10.1 Å². The number of benzene rings is 2. The molecule has 0 bridgehead atoms. The van der Waals surface area contributed by atoms with E-state index in [1.807, 2.05) is 25.1 Å². The van der Waals surface area contributed by atoms with Crippen molar-refractivity contribution in [2.24, 2.45) is 0 Å². The van der Waals surface area contributed by atoms with Crippen molar-refractivity contribution in [3.63, 3.8) is 0 Å². The lowest BCUT2D eigenvalue weighted by Crippen LogP contribution is -2.42. The van der Waals surface area contributed by atoms with Crippen molar-refractivity contribution in [3.8, 4) is 0 Å². The predicted octanol–water partition coefficient (Wildman–Crippen LogP) is 2.82. The van der Waals surface area contributed by atoms with E-state index < -0.39 is 34.5 Å². The lowest BCUT2D eigenvalue weighted by atomic mass is 10.1. The second kappa shape index (κ2) is 8.80. The number of carbonyl (C=O) groups is 2. The van der Waals surface area contributed by atoms with E-state index in [2.05, 4.69) is 5.32 Å². The average molecular weight is 443 g/mol. The first-order chi connectivity index (χ1) is 14.8. The second-order valence-electron chi connectivity index (χ2n) is 8.08. The summed E-state index contributed by atoms with van der Waals surface area (Å²) in [6.45, 7) is 1.67. The highest BCUT2D eigenvalue weighted by Crippen LogP contribution is 2.27. The zero-order chi connectivity index (χ0) is 22.0. The summed E-state index contributed by atoms with van der Waals surface area (Å²) in [5.41, 5.74) is 4.16. The number of ether oxygens (including phenoxy) is 1. The molecule has 1 N–H and O–H groups in total. The minimum atomic E-state index is -3.81. The van der Waals surface area contributed by atoms with Gasteiger partial charge in [-0.05, 0) is 74.4 Å². The third-order valence-corrected chi connectivity index (χ3v) is 7.75. The number of amides is 1. The number of rotatable bonds is 6. The average Bonchev–Trinajstić information content (AvgIpc) is 3.42. The lowest BCUT2D eigenvalue weighted by Gasteiger charge is -2.22. The van der Waals surface area contributed by atoms with Crippen LogP contribution in [-0.4, -0.2) is 43.8 Å². The molecule has 1 aliphatic heterocycles. The van der Waals surface area contributed by atoms with Gasteiger partial charge in [-0.3, -0.25) is 9.59 Å². The zero-order valence-corrected chi connectivity index (χ0v) is 18.3. The Morgan fingerprint density at radius 2 is 1.81 bits per heavy atom. The SMILES string of the molecule is Cc1ccc(S(=O)(=O)N2CCCC2C(=O)OCC(=O)Nc2ccc3c(c2)CCC3)cc1. The van der Waals surface area contributed by atoms with Gasteiger partial charge in [-0.2, -0.15) is 4.31 Å². The molecule has 8 heteroatoms. The topological polar surface area (TPSA) is 92.8 Å². The Balaban J connectivity index is 1.36. The van der Waals surface area contributed by atoms with Gasteiger partial charge in [0.15, 0.2) is 6.61 Å². The van der Waals surface area contributed by atoms with Crippen molar-refractivity contribution in [1.82, 2.24) is 4.31 Å². The highest BCUT2D eigenvalue weighted by atomic mass is 32.2. The Morgan fingerprint density at radius 3 is 2.58 bits per heavy atom. The fourth-order valence-electron chi connectivity index (χ4n) is 4.19. The van der Waals surface area contributed by atoms with Crippen molar-refractivity contribution in [2.45, 2.75) is 50.0 Å². The molecule has 1 saturated heterocycles. The molecular weight excluding hydrogens is 416 g/mol. The third kappa shape index (κ3) is 4.65. The molecule has 2 aromatic carbocycles. The standard InChI is InChI=1S/C23H26N2O5S/c1-16-7-11-20(12-8-16)31(28,29)25-13-3-6-21(25)23(27)30-15-22(26)24-19-10-9-17-4-2-5-18(17)14-19/h7-12,14,21H,2-6,13,15H2,1H3,(H,24,26). The van der Waals surface area contributed by atoms with E-state index in [4.69, 9.17) is 4.74 Å². The summed E-state index contributed by atoms with van der Waals surface area (Å²) >= 11 is 0. The Labute approximate surface area is 182 Å². The summed E-state index contributed by atoms with van der Waals surface area (Å²) in [7, 11) is -3.81. The number of esters is 1. The van der Waals surface area contributed by atoms with Crippen LogP contribution in [0.2, 0.25) is 0 Å². The number of nitrogens with zero attached hydrogens (tertiary/aromatic N) is 1. The van der Waals surface area contributed by atoms with E-state index in [0.29, 0.717) is 18.5 Å². The fourth-order valence-corrected chi connectivity index (χ4v) is 5.84. The minimum Gasteiger partial charge on any atom is -0.454 e. The van der Waals surface area contributed by atoms with E-state index >= 15 is 0 Å². The second-order valence-corrected chi connectivity index (χ2v) is 9.97. The molecule has 1 unspecified atom stereocenters. The van der Waals surface area contributed by atoms with Crippen LogP contribution in [0, 0.1) is 6.92 Å². The summed E-state index contributed by atoms with van der Waals surface area (Å²) in [5.74, 6) is -1.14. The Morgan fingerprint density at radius 1 is 1.06 bits per heavy atom. The van der Waals surface area contributed by atoms with E-state index in [1.165, 1.54) is 27.6 Å². The van der Waals surface area contributed by atoms with Crippen LogP contribution in [0.3, 0.4) is 0 Å². The van der Waals surface area contributed by atoms with E-state index in [1.54, 1.807) is 12.1 Å². The van der Waals surface area contributed by atoms with Crippen molar-refractivity contribution < 1.29 is 22.7 Å². The van der Waals surface area contributed by atoms with Gasteiger partial charge in [-0.1, -0.05) is 23.8 Å². The van der Waals surface area contributed by atoms with Gasteiger partial charge in [0.05, 0.1) is 4.90 Å². The van der Waals surface area contributed by atoms with Crippen LogP contribution in [0.5, 0.6) is 0 Å². The number of nitrogens with one attached hydrogen (secondary N) is 1. The smallest absolute Gasteiger partial charge is 0.324 e. The monoisotopic (exact) mass is 442 g/mol. The normalized spacial score (nSPS) is 18.5. The van der Waals surface area contributed by atoms with Gasteiger partial charge in [0.1, 0.15) is 6.04 Å². The van der Waals surface area contributed by atoms with Crippen molar-refractivity contribution >= 4 is 27.6 Å². The van der Waals surface area contributed by atoms with Crippen LogP contribution in [0.4, 0.5) is 5.69 Å². The third-order valence-electron chi connectivity index (χ3n) is 5.83. The lowest BCUT2D eigenvalue weighted by molar-refractivity contribution is -0.150. The Hall–Kier alpha value is -2.71. The number of anilines is 1. The molecule has 4 rings (SSSR count).